The second-order valence-corrected chi connectivity index (χ2v) is 13.0. The molecule has 5 atom stereocenters. The van der Waals surface area contributed by atoms with Crippen LogP contribution in [0.3, 0.4) is 0 Å². The first-order valence-electron chi connectivity index (χ1n) is 12.6. The summed E-state index contributed by atoms with van der Waals surface area (Å²) in [6.07, 6.45) is -6.91. The number of carbonyl (C=O) groups is 5. The molecule has 1 aliphatic carbocycles. The quantitative estimate of drug-likeness (QED) is 0.342. The van der Waals surface area contributed by atoms with Crippen molar-refractivity contribution in [3.05, 3.63) is 0 Å². The van der Waals surface area contributed by atoms with Crippen molar-refractivity contribution in [3.63, 3.8) is 0 Å². The minimum atomic E-state index is -4.63. The van der Waals surface area contributed by atoms with E-state index in [1.165, 1.54) is 4.90 Å². The number of carbonyl (C=O) groups excluding carboxylic acids is 5. The minimum Gasteiger partial charge on any atom is -0.363 e. The number of likely N-dealkylation sites (tertiary alicyclic amines) is 1. The van der Waals surface area contributed by atoms with Crippen LogP contribution in [0.15, 0.2) is 0 Å². The second-order valence-electron chi connectivity index (χ2n) is 13.0. The molecule has 216 valence electrons. The van der Waals surface area contributed by atoms with E-state index in [1.807, 2.05) is 13.8 Å². The van der Waals surface area contributed by atoms with Gasteiger partial charge in [-0.05, 0) is 49.9 Å². The summed E-state index contributed by atoms with van der Waals surface area (Å²) < 4.78 is 38.5. The normalized spacial score (nSPS) is 24.1. The van der Waals surface area contributed by atoms with E-state index in [0.717, 1.165) is 0 Å². The van der Waals surface area contributed by atoms with Crippen LogP contribution in [-0.2, 0) is 19.2 Å². The number of hydrogen-bond acceptors (Lipinski definition) is 5. The van der Waals surface area contributed by atoms with Crippen LogP contribution < -0.4 is 21.7 Å². The van der Waals surface area contributed by atoms with Crippen molar-refractivity contribution < 1.29 is 37.1 Å². The number of primary amides is 1. The van der Waals surface area contributed by atoms with Crippen LogP contribution in [0.4, 0.5) is 18.0 Å². The van der Waals surface area contributed by atoms with Crippen LogP contribution in [0.2, 0.25) is 0 Å². The van der Waals surface area contributed by atoms with Gasteiger partial charge in [-0.2, -0.15) is 13.2 Å². The van der Waals surface area contributed by atoms with Crippen molar-refractivity contribution in [2.24, 2.45) is 28.4 Å². The average molecular weight is 548 g/mol. The molecule has 38 heavy (non-hydrogen) atoms. The number of nitrogens with two attached hydrogens (primary N) is 1. The Kier molecular flexibility index (Phi) is 8.55. The van der Waals surface area contributed by atoms with Crippen LogP contribution in [0.1, 0.15) is 68.2 Å². The highest BCUT2D eigenvalue weighted by Gasteiger charge is 2.70. The number of hydrogen-bond donors (Lipinski definition) is 4. The topological polar surface area (TPSA) is 151 Å². The summed E-state index contributed by atoms with van der Waals surface area (Å²) in [5.41, 5.74) is 3.34. The number of nitrogens with zero attached hydrogens (tertiary/aromatic N) is 1. The fourth-order valence-electron chi connectivity index (χ4n) is 5.14. The highest BCUT2D eigenvalue weighted by molar-refractivity contribution is 6.37. The number of nitrogens with one attached hydrogen (secondary N) is 3. The number of piperidine rings is 1. The Hall–Kier alpha value is -2.86. The number of urea groups is 1. The van der Waals surface area contributed by atoms with E-state index in [4.69, 9.17) is 5.73 Å². The van der Waals surface area contributed by atoms with E-state index in [-0.39, 0.29) is 23.8 Å². The molecule has 0 radical (unpaired) electrons. The van der Waals surface area contributed by atoms with Crippen molar-refractivity contribution in [1.29, 1.82) is 0 Å². The number of rotatable bonds is 8. The van der Waals surface area contributed by atoms with Gasteiger partial charge >= 0.3 is 12.2 Å². The Bertz CT molecular complexity index is 983. The van der Waals surface area contributed by atoms with Gasteiger partial charge in [0.1, 0.15) is 12.1 Å². The second kappa shape index (κ2) is 10.4. The van der Waals surface area contributed by atoms with Gasteiger partial charge in [-0.25, -0.2) is 4.79 Å². The Labute approximate surface area is 221 Å². The van der Waals surface area contributed by atoms with Gasteiger partial charge in [0.15, 0.2) is 0 Å². The highest BCUT2D eigenvalue weighted by atomic mass is 19.4. The maximum absolute atomic E-state index is 13.8. The van der Waals surface area contributed by atoms with Gasteiger partial charge in [-0.3, -0.25) is 19.2 Å². The maximum Gasteiger partial charge on any atom is 0.389 e. The molecule has 5 N–H and O–H groups in total. The molecule has 10 nitrogen and oxygen atoms in total. The first-order chi connectivity index (χ1) is 17.0. The summed E-state index contributed by atoms with van der Waals surface area (Å²) >= 11 is 0. The minimum absolute atomic E-state index is 0.0633. The maximum atomic E-state index is 13.8. The fourth-order valence-corrected chi connectivity index (χ4v) is 5.14. The molecule has 13 heteroatoms. The summed E-state index contributed by atoms with van der Waals surface area (Å²) in [6.45, 7) is 14.6. The van der Waals surface area contributed by atoms with Crippen LogP contribution >= 0.6 is 0 Å². The van der Waals surface area contributed by atoms with Crippen LogP contribution in [0.25, 0.3) is 0 Å². The SMILES string of the molecule is CC(C)(C)NC(=O)N[C@H](C(=O)N1C[C@H]2[C@@H]([C@H]1C(=O)NC(CCC(F)(F)F)C(=O)C(N)=O)C2(C)C)C(C)(C)C. The average Bonchev–Trinajstić information content (AvgIpc) is 3.06. The van der Waals surface area contributed by atoms with Gasteiger partial charge < -0.3 is 26.6 Å². The van der Waals surface area contributed by atoms with Crippen molar-refractivity contribution in [2.45, 2.75) is 98.1 Å². The first-order valence-corrected chi connectivity index (χ1v) is 12.6. The van der Waals surface area contributed by atoms with Crippen LogP contribution in [0.5, 0.6) is 0 Å². The van der Waals surface area contributed by atoms with Gasteiger partial charge in [0, 0.05) is 18.5 Å². The predicted molar refractivity (Wildman–Crippen MR) is 132 cm³/mol. The Balaban J connectivity index is 2.33. The Morgan fingerprint density at radius 3 is 2.00 bits per heavy atom. The molecule has 1 heterocycles. The molecule has 5 amide bonds. The summed E-state index contributed by atoms with van der Waals surface area (Å²) in [4.78, 5) is 64.8. The molecule has 1 saturated heterocycles. The Morgan fingerprint density at radius 2 is 1.55 bits per heavy atom. The number of ketones is 1. The van der Waals surface area contributed by atoms with E-state index in [0.29, 0.717) is 0 Å². The van der Waals surface area contributed by atoms with Crippen LogP contribution in [-0.4, -0.2) is 70.8 Å². The van der Waals surface area contributed by atoms with E-state index >= 15 is 0 Å². The molecule has 2 aliphatic rings. The first kappa shape index (κ1) is 31.4. The zero-order valence-corrected chi connectivity index (χ0v) is 23.2. The number of amides is 5. The molecule has 2 fully saturated rings. The molecule has 1 unspecified atom stereocenters. The highest BCUT2D eigenvalue weighted by Crippen LogP contribution is 2.65. The molecule has 0 aromatic carbocycles. The van der Waals surface area contributed by atoms with E-state index in [2.05, 4.69) is 16.0 Å². The molecule has 2 rings (SSSR count). The van der Waals surface area contributed by atoms with Crippen molar-refractivity contribution in [2.75, 3.05) is 6.54 Å². The molecular weight excluding hydrogens is 507 g/mol. The third-order valence-corrected chi connectivity index (χ3v) is 7.23. The molecular formula is C25H40F3N5O5. The van der Waals surface area contributed by atoms with Crippen molar-refractivity contribution in [1.82, 2.24) is 20.9 Å². The van der Waals surface area contributed by atoms with E-state index in [1.54, 1.807) is 41.5 Å². The summed E-state index contributed by atoms with van der Waals surface area (Å²) in [7, 11) is 0. The summed E-state index contributed by atoms with van der Waals surface area (Å²) in [6, 6.07) is -4.49. The molecule has 0 aromatic rings. The molecule has 1 saturated carbocycles. The van der Waals surface area contributed by atoms with Gasteiger partial charge in [-0.1, -0.05) is 34.6 Å². The third-order valence-electron chi connectivity index (χ3n) is 7.23. The molecule has 0 bridgehead atoms. The molecule has 0 aromatic heterocycles. The van der Waals surface area contributed by atoms with E-state index < -0.39 is 77.6 Å². The van der Waals surface area contributed by atoms with Gasteiger partial charge in [0.25, 0.3) is 5.91 Å². The third kappa shape index (κ3) is 7.37. The Morgan fingerprint density at radius 1 is 1.00 bits per heavy atom. The number of halogens is 3. The van der Waals surface area contributed by atoms with E-state index in [9.17, 15) is 37.1 Å². The number of alkyl halides is 3. The number of Topliss-reactive ketones (excluding diaryl/α,β-unsaturated/α-hetero) is 1. The lowest BCUT2D eigenvalue weighted by atomic mass is 9.85. The zero-order chi connectivity index (χ0) is 29.6. The largest absolute Gasteiger partial charge is 0.389 e. The smallest absolute Gasteiger partial charge is 0.363 e. The lowest BCUT2D eigenvalue weighted by Crippen LogP contribution is -2.62. The van der Waals surface area contributed by atoms with Crippen molar-refractivity contribution >= 4 is 29.5 Å². The molecule has 1 aliphatic heterocycles. The fraction of sp³-hybridized carbons (Fsp3) is 0.800. The summed E-state index contributed by atoms with van der Waals surface area (Å²) in [5.74, 6) is -4.57. The van der Waals surface area contributed by atoms with Crippen molar-refractivity contribution in [3.8, 4) is 0 Å². The lowest BCUT2D eigenvalue weighted by molar-refractivity contribution is -0.147. The lowest BCUT2D eigenvalue weighted by Gasteiger charge is -2.38. The van der Waals surface area contributed by atoms with Crippen LogP contribution in [0, 0.1) is 22.7 Å². The summed E-state index contributed by atoms with van der Waals surface area (Å²) in [5, 5.41) is 7.69. The monoisotopic (exact) mass is 547 g/mol. The predicted octanol–water partition coefficient (Wildman–Crippen LogP) is 1.86. The molecule has 0 spiro atoms. The zero-order valence-electron chi connectivity index (χ0n) is 23.2. The van der Waals surface area contributed by atoms with Gasteiger partial charge in [0.05, 0.1) is 6.04 Å². The number of fused-ring (bicyclic) bond motifs is 1. The van der Waals surface area contributed by atoms with Gasteiger partial charge in [-0.15, -0.1) is 0 Å². The standard InChI is InChI=1S/C25H40F3N5O5/c1-22(2,3)17(31-21(38)32-23(4,5)6)20(37)33-11-12-14(24(12,7)8)15(33)19(36)30-13(16(34)18(29)35)9-10-25(26,27)28/h12-15,17H,9-11H2,1-8H3,(H2,29,35)(H,30,36)(H2,31,32,38)/t12-,13?,14-,15-,17+/m0/s1. The van der Waals surface area contributed by atoms with Gasteiger partial charge in [0.2, 0.25) is 17.6 Å².